The number of halogens is 3. The molecule has 8 nitrogen and oxygen atoms in total. The number of nitrogens with one attached hydrogen (secondary N) is 2. The van der Waals surface area contributed by atoms with E-state index < -0.39 is 6.04 Å². The second-order valence-corrected chi connectivity index (χ2v) is 10.9. The maximum atomic E-state index is 13.7. The van der Waals surface area contributed by atoms with Crippen molar-refractivity contribution in [2.75, 3.05) is 17.2 Å². The average Bonchev–Trinajstić information content (AvgIpc) is 3.37. The minimum absolute atomic E-state index is 0.206. The first-order valence-electron chi connectivity index (χ1n) is 12.5. The summed E-state index contributed by atoms with van der Waals surface area (Å²) in [6, 6.07) is 16.1. The Kier molecular flexibility index (Phi) is 8.35. The Morgan fingerprint density at radius 3 is 2.60 bits per heavy atom. The number of amides is 1. The normalized spacial score (nSPS) is 14.4. The lowest BCUT2D eigenvalue weighted by atomic mass is 9.94. The maximum absolute atomic E-state index is 13.7. The number of hydrogen-bond donors (Lipinski definition) is 2. The minimum Gasteiger partial charge on any atom is -0.490 e. The van der Waals surface area contributed by atoms with Gasteiger partial charge in [0.05, 0.1) is 16.7 Å². The van der Waals surface area contributed by atoms with Gasteiger partial charge in [0, 0.05) is 27.0 Å². The molecule has 0 radical (unpaired) electrons. The highest BCUT2D eigenvalue weighted by atomic mass is 79.9. The zero-order chi connectivity index (χ0) is 28.4. The lowest BCUT2D eigenvalue weighted by Gasteiger charge is -2.29. The van der Waals surface area contributed by atoms with Gasteiger partial charge in [-0.15, -0.1) is 0 Å². The van der Waals surface area contributed by atoms with Crippen molar-refractivity contribution in [1.29, 1.82) is 0 Å². The smallest absolute Gasteiger partial charge is 0.255 e. The first kappa shape index (κ1) is 28.0. The molecular formula is C29H26BrCl2N5O3. The summed E-state index contributed by atoms with van der Waals surface area (Å²) in [4.78, 5) is 18.0. The van der Waals surface area contributed by atoms with Gasteiger partial charge in [-0.1, -0.05) is 47.0 Å². The zero-order valence-corrected chi connectivity index (χ0v) is 25.1. The molecule has 0 saturated heterocycles. The van der Waals surface area contributed by atoms with Crippen molar-refractivity contribution in [2.24, 2.45) is 0 Å². The van der Waals surface area contributed by atoms with E-state index in [-0.39, 0.29) is 12.5 Å². The lowest BCUT2D eigenvalue weighted by molar-refractivity contribution is -0.113. The summed E-state index contributed by atoms with van der Waals surface area (Å²) in [5, 5.41) is 11.7. The van der Waals surface area contributed by atoms with E-state index in [1.807, 2.05) is 63.2 Å². The van der Waals surface area contributed by atoms with Crippen molar-refractivity contribution in [3.05, 3.63) is 103 Å². The number of carbonyl (C=O) groups excluding carboxylic acids is 1. The number of hydrogen-bond acceptors (Lipinski definition) is 6. The topological polar surface area (TPSA) is 90.3 Å². The van der Waals surface area contributed by atoms with Crippen LogP contribution in [0.4, 0.5) is 11.6 Å². The highest BCUT2D eigenvalue weighted by Crippen LogP contribution is 2.43. The van der Waals surface area contributed by atoms with E-state index >= 15 is 0 Å². The van der Waals surface area contributed by atoms with Gasteiger partial charge in [-0.05, 0) is 78.7 Å². The predicted octanol–water partition coefficient (Wildman–Crippen LogP) is 7.56. The molecule has 11 heteroatoms. The van der Waals surface area contributed by atoms with Crippen LogP contribution < -0.4 is 20.1 Å². The number of ether oxygens (including phenoxy) is 2. The molecule has 0 aliphatic carbocycles. The quantitative estimate of drug-likeness (QED) is 0.206. The lowest BCUT2D eigenvalue weighted by Crippen LogP contribution is -2.31. The van der Waals surface area contributed by atoms with Crippen LogP contribution in [0.15, 0.2) is 76.7 Å². The van der Waals surface area contributed by atoms with E-state index in [2.05, 4.69) is 36.6 Å². The third-order valence-electron chi connectivity index (χ3n) is 6.38. The van der Waals surface area contributed by atoms with E-state index in [0.29, 0.717) is 55.5 Å². The number of nitrogens with zero attached hydrogens (tertiary/aromatic N) is 3. The predicted molar refractivity (Wildman–Crippen MR) is 160 cm³/mol. The van der Waals surface area contributed by atoms with Gasteiger partial charge in [0.25, 0.3) is 5.91 Å². The first-order chi connectivity index (χ1) is 19.2. The van der Waals surface area contributed by atoms with Crippen molar-refractivity contribution in [3.8, 4) is 11.5 Å². The monoisotopic (exact) mass is 641 g/mol. The van der Waals surface area contributed by atoms with Crippen LogP contribution in [0, 0.1) is 6.92 Å². The van der Waals surface area contributed by atoms with Crippen molar-refractivity contribution in [1.82, 2.24) is 14.8 Å². The fourth-order valence-electron chi connectivity index (χ4n) is 4.47. The third kappa shape index (κ3) is 5.82. The minimum atomic E-state index is -0.584. The SMILES string of the molecule is CCOc1cc(C2C(C(=O)Nc3ccc(C)cc3)=C(C)Nc3ncnn32)cc(Br)c1OCc1ccc(Cl)cc1Cl. The summed E-state index contributed by atoms with van der Waals surface area (Å²) in [7, 11) is 0. The van der Waals surface area contributed by atoms with Crippen LogP contribution in [-0.2, 0) is 11.4 Å². The average molecular weight is 643 g/mol. The third-order valence-corrected chi connectivity index (χ3v) is 7.56. The standard InChI is InChI=1S/C29H26BrCl2N5O3/c1-4-39-24-12-19(11-22(30)27(24)40-14-18-7-8-20(31)13-23(18)32)26-25(17(3)35-29-33-15-34-37(26)29)28(38)36-21-9-5-16(2)6-10-21/h5-13,15,26H,4,14H2,1-3H3,(H,36,38)(H,33,34,35). The van der Waals surface area contributed by atoms with Crippen molar-refractivity contribution >= 4 is 56.7 Å². The van der Waals surface area contributed by atoms with Gasteiger partial charge in [0.1, 0.15) is 19.0 Å². The Morgan fingerprint density at radius 2 is 1.88 bits per heavy atom. The summed E-state index contributed by atoms with van der Waals surface area (Å²) in [5.41, 5.74) is 4.50. The summed E-state index contributed by atoms with van der Waals surface area (Å²) in [5.74, 6) is 1.29. The molecule has 0 saturated carbocycles. The van der Waals surface area contributed by atoms with Crippen molar-refractivity contribution in [3.63, 3.8) is 0 Å². The fraction of sp³-hybridized carbons (Fsp3) is 0.207. The van der Waals surface area contributed by atoms with E-state index in [1.165, 1.54) is 6.33 Å². The fourth-order valence-corrected chi connectivity index (χ4v) is 5.50. The van der Waals surface area contributed by atoms with Gasteiger partial charge in [-0.3, -0.25) is 4.79 Å². The zero-order valence-electron chi connectivity index (χ0n) is 22.0. The molecule has 0 spiro atoms. The van der Waals surface area contributed by atoms with Gasteiger partial charge in [-0.2, -0.15) is 10.1 Å². The molecule has 5 rings (SSSR count). The molecule has 40 heavy (non-hydrogen) atoms. The Hall–Kier alpha value is -3.53. The highest BCUT2D eigenvalue weighted by molar-refractivity contribution is 9.10. The molecule has 0 fully saturated rings. The Morgan fingerprint density at radius 1 is 1.10 bits per heavy atom. The van der Waals surface area contributed by atoms with Crippen LogP contribution in [0.25, 0.3) is 0 Å². The van der Waals surface area contributed by atoms with Crippen LogP contribution in [-0.4, -0.2) is 27.3 Å². The number of anilines is 2. The Bertz CT molecular complexity index is 1600. The number of fused-ring (bicyclic) bond motifs is 1. The van der Waals surface area contributed by atoms with Crippen LogP contribution in [0.2, 0.25) is 10.0 Å². The van der Waals surface area contributed by atoms with Gasteiger partial charge < -0.3 is 20.1 Å². The second kappa shape index (κ2) is 11.9. The Balaban J connectivity index is 1.52. The number of aryl methyl sites for hydroxylation is 1. The summed E-state index contributed by atoms with van der Waals surface area (Å²) in [6.45, 7) is 6.35. The van der Waals surface area contributed by atoms with Gasteiger partial charge >= 0.3 is 0 Å². The molecule has 1 aliphatic heterocycles. The van der Waals surface area contributed by atoms with Crippen LogP contribution in [0.3, 0.4) is 0 Å². The van der Waals surface area contributed by atoms with Crippen LogP contribution in [0.1, 0.15) is 36.6 Å². The maximum Gasteiger partial charge on any atom is 0.255 e. The molecule has 1 aliphatic rings. The molecule has 4 aromatic rings. The second-order valence-electron chi connectivity index (χ2n) is 9.20. The van der Waals surface area contributed by atoms with Crippen LogP contribution >= 0.6 is 39.1 Å². The number of rotatable bonds is 8. The molecule has 206 valence electrons. The molecule has 1 unspecified atom stereocenters. The van der Waals surface area contributed by atoms with Crippen molar-refractivity contribution in [2.45, 2.75) is 33.4 Å². The molecular weight excluding hydrogens is 617 g/mol. The molecule has 0 bridgehead atoms. The van der Waals surface area contributed by atoms with E-state index in [1.54, 1.807) is 16.8 Å². The number of allylic oxidation sites excluding steroid dienone is 1. The molecule has 2 N–H and O–H groups in total. The number of carbonyl (C=O) groups is 1. The van der Waals surface area contributed by atoms with E-state index in [0.717, 1.165) is 16.7 Å². The highest BCUT2D eigenvalue weighted by Gasteiger charge is 2.34. The summed E-state index contributed by atoms with van der Waals surface area (Å²) in [6.07, 6.45) is 1.45. The molecule has 3 aromatic carbocycles. The first-order valence-corrected chi connectivity index (χ1v) is 14.1. The molecule has 1 amide bonds. The van der Waals surface area contributed by atoms with E-state index in [4.69, 9.17) is 32.7 Å². The molecule has 1 atom stereocenters. The van der Waals surface area contributed by atoms with Gasteiger partial charge in [0.15, 0.2) is 11.5 Å². The summed E-state index contributed by atoms with van der Waals surface area (Å²) >= 11 is 16.1. The van der Waals surface area contributed by atoms with Gasteiger partial charge in [0.2, 0.25) is 5.95 Å². The molecule has 1 aromatic heterocycles. The number of aromatic nitrogens is 3. The number of benzene rings is 3. The van der Waals surface area contributed by atoms with E-state index in [9.17, 15) is 4.79 Å². The summed E-state index contributed by atoms with van der Waals surface area (Å²) < 4.78 is 14.5. The largest absolute Gasteiger partial charge is 0.490 e. The van der Waals surface area contributed by atoms with Gasteiger partial charge in [-0.25, -0.2) is 4.68 Å². The van der Waals surface area contributed by atoms with Crippen molar-refractivity contribution < 1.29 is 14.3 Å². The van der Waals surface area contributed by atoms with Crippen LogP contribution in [0.5, 0.6) is 11.5 Å². The Labute approximate surface area is 250 Å². The molecule has 2 heterocycles.